The fraction of sp³-hybridized carbons (Fsp3) is 0.609. The van der Waals surface area contributed by atoms with Gasteiger partial charge >= 0.3 is 5.69 Å². The first-order valence-electron chi connectivity index (χ1n) is 11.9. The van der Waals surface area contributed by atoms with Gasteiger partial charge in [0.2, 0.25) is 15.9 Å². The summed E-state index contributed by atoms with van der Waals surface area (Å²) in [6.45, 7) is 5.82. The molecule has 0 bridgehead atoms. The average molecular weight is 476 g/mol. The van der Waals surface area contributed by atoms with E-state index in [0.717, 1.165) is 43.5 Å². The molecule has 3 heterocycles. The molecule has 2 aliphatic rings. The van der Waals surface area contributed by atoms with Crippen LogP contribution in [0.5, 0.6) is 0 Å². The summed E-state index contributed by atoms with van der Waals surface area (Å²) in [5.41, 5.74) is 0.890. The van der Waals surface area contributed by atoms with Gasteiger partial charge in [-0.25, -0.2) is 17.9 Å². The number of piperazine rings is 1. The van der Waals surface area contributed by atoms with Crippen molar-refractivity contribution in [2.24, 2.45) is 0 Å². The first-order valence-corrected chi connectivity index (χ1v) is 13.3. The van der Waals surface area contributed by atoms with Crippen LogP contribution in [0.15, 0.2) is 34.0 Å². The summed E-state index contributed by atoms with van der Waals surface area (Å²) in [6.07, 6.45) is 4.78. The minimum atomic E-state index is -3.61. The summed E-state index contributed by atoms with van der Waals surface area (Å²) in [4.78, 5) is 27.3. The molecule has 2 aliphatic heterocycles. The Bertz CT molecular complexity index is 1140. The van der Waals surface area contributed by atoms with E-state index in [1.165, 1.54) is 8.99 Å². The van der Waals surface area contributed by atoms with Crippen LogP contribution in [0.3, 0.4) is 0 Å². The Morgan fingerprint density at radius 2 is 1.73 bits per heavy atom. The number of amides is 1. The Balaban J connectivity index is 1.37. The van der Waals surface area contributed by atoms with Crippen molar-refractivity contribution in [2.75, 3.05) is 26.2 Å². The normalized spacial score (nSPS) is 18.5. The van der Waals surface area contributed by atoms with E-state index in [2.05, 4.69) is 18.9 Å². The predicted molar refractivity (Wildman–Crippen MR) is 125 cm³/mol. The molecule has 9 nitrogen and oxygen atoms in total. The second-order valence-electron chi connectivity index (χ2n) is 8.98. The number of aryl methyl sites for hydroxylation is 1. The third-order valence-corrected chi connectivity index (χ3v) is 8.77. The van der Waals surface area contributed by atoms with Crippen LogP contribution in [-0.2, 0) is 34.3 Å². The fourth-order valence-corrected chi connectivity index (χ4v) is 5.91. The Morgan fingerprint density at radius 1 is 1.03 bits per heavy atom. The number of fused-ring (bicyclic) bond motifs is 1. The zero-order valence-electron chi connectivity index (χ0n) is 19.4. The maximum atomic E-state index is 13.1. The SMILES string of the molecule is CCC(C)c1ccc(S(=O)(=O)N2CCN(C(=O)Cn3nc4n(c3=O)CCCCC4)CC2)cc1. The van der Waals surface area contributed by atoms with E-state index in [1.807, 2.05) is 12.1 Å². The zero-order valence-corrected chi connectivity index (χ0v) is 20.3. The molecule has 10 heteroatoms. The number of nitrogens with zero attached hydrogens (tertiary/aromatic N) is 5. The van der Waals surface area contributed by atoms with Gasteiger partial charge in [-0.2, -0.15) is 9.40 Å². The maximum absolute atomic E-state index is 13.1. The number of aromatic nitrogens is 3. The molecule has 2 aromatic rings. The van der Waals surface area contributed by atoms with Crippen molar-refractivity contribution in [3.63, 3.8) is 0 Å². The lowest BCUT2D eigenvalue weighted by Crippen LogP contribution is -2.51. The first-order chi connectivity index (χ1) is 15.8. The Kier molecular flexibility index (Phi) is 7.04. The molecule has 0 N–H and O–H groups in total. The minimum absolute atomic E-state index is 0.108. The van der Waals surface area contributed by atoms with Crippen LogP contribution in [0, 0.1) is 0 Å². The van der Waals surface area contributed by atoms with Gasteiger partial charge in [-0.3, -0.25) is 9.36 Å². The highest BCUT2D eigenvalue weighted by Gasteiger charge is 2.30. The molecule has 1 fully saturated rings. The molecule has 1 unspecified atom stereocenters. The standard InChI is InChI=1S/C23H33N5O4S/c1-3-18(2)19-8-10-20(11-9-19)33(31,32)26-15-13-25(14-16-26)22(29)17-28-23(30)27-12-6-4-5-7-21(27)24-28/h8-11,18H,3-7,12-17H2,1-2H3. The Morgan fingerprint density at radius 3 is 2.39 bits per heavy atom. The van der Waals surface area contributed by atoms with E-state index in [0.29, 0.717) is 25.6 Å². The molecule has 0 radical (unpaired) electrons. The van der Waals surface area contributed by atoms with E-state index in [-0.39, 0.29) is 36.1 Å². The number of hydrogen-bond donors (Lipinski definition) is 0. The highest BCUT2D eigenvalue weighted by Crippen LogP contribution is 2.23. The smallest absolute Gasteiger partial charge is 0.338 e. The van der Waals surface area contributed by atoms with Gasteiger partial charge in [0, 0.05) is 39.1 Å². The highest BCUT2D eigenvalue weighted by molar-refractivity contribution is 7.89. The molecule has 1 aromatic carbocycles. The summed E-state index contributed by atoms with van der Waals surface area (Å²) in [5, 5.41) is 4.38. The lowest BCUT2D eigenvalue weighted by Gasteiger charge is -2.34. The Labute approximate surface area is 195 Å². The molecule has 4 rings (SSSR count). The number of sulfonamides is 1. The number of carbonyl (C=O) groups excluding carboxylic acids is 1. The minimum Gasteiger partial charge on any atom is -0.338 e. The summed E-state index contributed by atoms with van der Waals surface area (Å²) in [7, 11) is -3.61. The second kappa shape index (κ2) is 9.80. The number of rotatable bonds is 6. The zero-order chi connectivity index (χ0) is 23.6. The number of carbonyl (C=O) groups is 1. The van der Waals surface area contributed by atoms with Crippen LogP contribution in [0.25, 0.3) is 0 Å². The van der Waals surface area contributed by atoms with Crippen LogP contribution in [0.4, 0.5) is 0 Å². The van der Waals surface area contributed by atoms with E-state index < -0.39 is 10.0 Å². The van der Waals surface area contributed by atoms with Crippen molar-refractivity contribution >= 4 is 15.9 Å². The van der Waals surface area contributed by atoms with Crippen LogP contribution in [-0.4, -0.2) is 64.1 Å². The van der Waals surface area contributed by atoms with Crippen LogP contribution < -0.4 is 5.69 Å². The summed E-state index contributed by atoms with van der Waals surface area (Å²) >= 11 is 0. The fourth-order valence-electron chi connectivity index (χ4n) is 4.49. The largest absolute Gasteiger partial charge is 0.346 e. The lowest BCUT2D eigenvalue weighted by atomic mass is 9.99. The van der Waals surface area contributed by atoms with E-state index >= 15 is 0 Å². The maximum Gasteiger partial charge on any atom is 0.346 e. The van der Waals surface area contributed by atoms with Gasteiger partial charge in [-0.05, 0) is 42.9 Å². The molecular formula is C23H33N5O4S. The van der Waals surface area contributed by atoms with Crippen molar-refractivity contribution < 1.29 is 13.2 Å². The molecule has 0 spiro atoms. The van der Waals surface area contributed by atoms with Crippen molar-refractivity contribution in [2.45, 2.75) is 69.9 Å². The van der Waals surface area contributed by atoms with E-state index in [1.54, 1.807) is 21.6 Å². The molecule has 0 aliphatic carbocycles. The lowest BCUT2D eigenvalue weighted by molar-refractivity contribution is -0.133. The van der Waals surface area contributed by atoms with Crippen LogP contribution in [0.1, 0.15) is 56.8 Å². The number of benzene rings is 1. The average Bonchev–Trinajstić information content (AvgIpc) is 2.98. The summed E-state index contributed by atoms with van der Waals surface area (Å²) in [6, 6.07) is 7.10. The third kappa shape index (κ3) is 4.91. The molecule has 1 saturated heterocycles. The topological polar surface area (TPSA) is 97.5 Å². The summed E-state index contributed by atoms with van der Waals surface area (Å²) in [5.74, 6) is 0.926. The Hall–Kier alpha value is -2.46. The monoisotopic (exact) mass is 475 g/mol. The van der Waals surface area contributed by atoms with Crippen LogP contribution >= 0.6 is 0 Å². The van der Waals surface area contributed by atoms with Gasteiger partial charge < -0.3 is 4.90 Å². The van der Waals surface area contributed by atoms with E-state index in [4.69, 9.17) is 0 Å². The van der Waals surface area contributed by atoms with E-state index in [9.17, 15) is 18.0 Å². The molecule has 180 valence electrons. The van der Waals surface area contributed by atoms with Crippen LogP contribution in [0.2, 0.25) is 0 Å². The van der Waals surface area contributed by atoms with Crippen molar-refractivity contribution in [3.8, 4) is 0 Å². The van der Waals surface area contributed by atoms with Gasteiger partial charge in [-0.1, -0.05) is 32.4 Å². The van der Waals surface area contributed by atoms with Gasteiger partial charge in [-0.15, -0.1) is 0 Å². The van der Waals surface area contributed by atoms with Gasteiger partial charge in [0.1, 0.15) is 12.4 Å². The first kappa shape index (κ1) is 23.7. The molecule has 33 heavy (non-hydrogen) atoms. The van der Waals surface area contributed by atoms with Gasteiger partial charge in [0.15, 0.2) is 0 Å². The third-order valence-electron chi connectivity index (χ3n) is 6.86. The molecule has 1 amide bonds. The molecular weight excluding hydrogens is 442 g/mol. The molecule has 1 aromatic heterocycles. The predicted octanol–water partition coefficient (Wildman–Crippen LogP) is 1.82. The highest BCUT2D eigenvalue weighted by atomic mass is 32.2. The van der Waals surface area contributed by atoms with Crippen molar-refractivity contribution in [1.82, 2.24) is 23.6 Å². The van der Waals surface area contributed by atoms with Gasteiger partial charge in [0.25, 0.3) is 0 Å². The summed E-state index contributed by atoms with van der Waals surface area (Å²) < 4.78 is 30.5. The quantitative estimate of drug-likeness (QED) is 0.635. The molecule has 1 atom stereocenters. The second-order valence-corrected chi connectivity index (χ2v) is 10.9. The molecule has 0 saturated carbocycles. The van der Waals surface area contributed by atoms with Gasteiger partial charge in [0.05, 0.1) is 4.90 Å². The van der Waals surface area contributed by atoms with Crippen molar-refractivity contribution in [1.29, 1.82) is 0 Å². The number of hydrogen-bond acceptors (Lipinski definition) is 5. The van der Waals surface area contributed by atoms with Crippen molar-refractivity contribution in [3.05, 3.63) is 46.1 Å².